The van der Waals surface area contributed by atoms with Crippen LogP contribution in [0.25, 0.3) is 33.7 Å². The molecule has 3 heterocycles. The number of hydrogen-bond donors (Lipinski definition) is 1. The van der Waals surface area contributed by atoms with Crippen molar-refractivity contribution in [1.29, 1.82) is 0 Å². The molecule has 4 aromatic rings. The molecule has 0 radical (unpaired) electrons. The van der Waals surface area contributed by atoms with Crippen LogP contribution in [0.3, 0.4) is 0 Å². The average Bonchev–Trinajstić information content (AvgIpc) is 3.08. The third-order valence-corrected chi connectivity index (χ3v) is 3.76. The highest BCUT2D eigenvalue weighted by molar-refractivity contribution is 5.83. The summed E-state index contributed by atoms with van der Waals surface area (Å²) in [5.74, 6) is 1.57. The maximum Gasteiger partial charge on any atom is 0.247 e. The molecule has 1 aromatic carbocycles. The maximum atomic E-state index is 5.73. The first kappa shape index (κ1) is 15.9. The predicted molar refractivity (Wildman–Crippen MR) is 96.4 cm³/mol. The van der Waals surface area contributed by atoms with Crippen molar-refractivity contribution in [2.45, 2.75) is 13.8 Å². The fraction of sp³-hybridized carbons (Fsp3) is 0.167. The van der Waals surface area contributed by atoms with Gasteiger partial charge in [0.2, 0.25) is 23.6 Å². The van der Waals surface area contributed by atoms with E-state index in [2.05, 4.69) is 25.1 Å². The maximum absolute atomic E-state index is 5.73. The standard InChI is InChI=1S/C18H16N6O2/c1-3-25-17-15-14(21-18(19)22-17)9-8-13(20-15)11-4-6-12(7-5-11)16-24-23-10(2)26-16/h4-9H,3H2,1-2H3,(H2,19,21,22). The first-order valence-electron chi connectivity index (χ1n) is 8.12. The van der Waals surface area contributed by atoms with Crippen LogP contribution < -0.4 is 10.5 Å². The van der Waals surface area contributed by atoms with Crippen molar-refractivity contribution < 1.29 is 9.15 Å². The molecule has 26 heavy (non-hydrogen) atoms. The molecule has 4 rings (SSSR count). The van der Waals surface area contributed by atoms with E-state index in [1.807, 2.05) is 43.3 Å². The molecule has 0 spiro atoms. The third kappa shape index (κ3) is 2.92. The van der Waals surface area contributed by atoms with Crippen LogP contribution in [-0.4, -0.2) is 31.8 Å². The Labute approximate surface area is 149 Å². The minimum atomic E-state index is 0.162. The van der Waals surface area contributed by atoms with Crippen molar-refractivity contribution in [3.8, 4) is 28.6 Å². The van der Waals surface area contributed by atoms with Gasteiger partial charge in [0.1, 0.15) is 0 Å². The molecule has 0 bridgehead atoms. The van der Waals surface area contributed by atoms with Gasteiger partial charge in [0.25, 0.3) is 0 Å². The molecule has 0 aliphatic carbocycles. The molecule has 8 nitrogen and oxygen atoms in total. The molecular weight excluding hydrogens is 332 g/mol. The van der Waals surface area contributed by atoms with E-state index < -0.39 is 0 Å². The number of benzene rings is 1. The molecule has 0 saturated carbocycles. The Morgan fingerprint density at radius 1 is 0.962 bits per heavy atom. The van der Waals surface area contributed by atoms with Gasteiger partial charge in [0.15, 0.2) is 5.52 Å². The van der Waals surface area contributed by atoms with Crippen LogP contribution in [0.4, 0.5) is 5.95 Å². The molecule has 2 N–H and O–H groups in total. The Hall–Kier alpha value is -3.55. The first-order valence-corrected chi connectivity index (χ1v) is 8.12. The van der Waals surface area contributed by atoms with E-state index in [1.165, 1.54) is 0 Å². The molecular formula is C18H16N6O2. The fourth-order valence-corrected chi connectivity index (χ4v) is 2.60. The monoisotopic (exact) mass is 348 g/mol. The van der Waals surface area contributed by atoms with E-state index >= 15 is 0 Å². The largest absolute Gasteiger partial charge is 0.476 e. The van der Waals surface area contributed by atoms with Gasteiger partial charge in [-0.15, -0.1) is 10.2 Å². The van der Waals surface area contributed by atoms with Gasteiger partial charge in [0.05, 0.1) is 17.8 Å². The van der Waals surface area contributed by atoms with Gasteiger partial charge < -0.3 is 14.9 Å². The van der Waals surface area contributed by atoms with Gasteiger partial charge in [-0.25, -0.2) is 9.97 Å². The number of ether oxygens (including phenoxy) is 1. The lowest BCUT2D eigenvalue weighted by Crippen LogP contribution is -2.02. The van der Waals surface area contributed by atoms with Crippen molar-refractivity contribution in [2.24, 2.45) is 0 Å². The van der Waals surface area contributed by atoms with Crippen molar-refractivity contribution >= 4 is 17.0 Å². The van der Waals surface area contributed by atoms with E-state index in [0.29, 0.717) is 35.3 Å². The summed E-state index contributed by atoms with van der Waals surface area (Å²) >= 11 is 0. The molecule has 0 saturated heterocycles. The van der Waals surface area contributed by atoms with Crippen LogP contribution in [0.2, 0.25) is 0 Å². The molecule has 0 atom stereocenters. The highest BCUT2D eigenvalue weighted by atomic mass is 16.5. The van der Waals surface area contributed by atoms with Crippen LogP contribution in [0.15, 0.2) is 40.8 Å². The van der Waals surface area contributed by atoms with Gasteiger partial charge in [-0.1, -0.05) is 12.1 Å². The molecule has 0 amide bonds. The number of pyridine rings is 1. The van der Waals surface area contributed by atoms with Crippen molar-refractivity contribution in [3.63, 3.8) is 0 Å². The van der Waals surface area contributed by atoms with E-state index in [-0.39, 0.29) is 5.95 Å². The van der Waals surface area contributed by atoms with E-state index in [4.69, 9.17) is 14.9 Å². The fourth-order valence-electron chi connectivity index (χ4n) is 2.60. The Morgan fingerprint density at radius 2 is 1.73 bits per heavy atom. The highest BCUT2D eigenvalue weighted by Gasteiger charge is 2.12. The summed E-state index contributed by atoms with van der Waals surface area (Å²) in [6.07, 6.45) is 0. The van der Waals surface area contributed by atoms with E-state index in [0.717, 1.165) is 16.8 Å². The molecule has 3 aromatic heterocycles. The van der Waals surface area contributed by atoms with E-state index in [1.54, 1.807) is 6.92 Å². The number of aromatic nitrogens is 5. The highest BCUT2D eigenvalue weighted by Crippen LogP contribution is 2.27. The van der Waals surface area contributed by atoms with Crippen LogP contribution in [0, 0.1) is 6.92 Å². The summed E-state index contributed by atoms with van der Waals surface area (Å²) in [5.41, 5.74) is 9.51. The summed E-state index contributed by atoms with van der Waals surface area (Å²) in [7, 11) is 0. The summed E-state index contributed by atoms with van der Waals surface area (Å²) in [6.45, 7) is 4.11. The number of hydrogen-bond acceptors (Lipinski definition) is 8. The van der Waals surface area contributed by atoms with Gasteiger partial charge in [0, 0.05) is 18.1 Å². The topological polar surface area (TPSA) is 113 Å². The summed E-state index contributed by atoms with van der Waals surface area (Å²) in [6, 6.07) is 11.5. The number of nitrogens with two attached hydrogens (primary N) is 1. The van der Waals surface area contributed by atoms with Gasteiger partial charge in [-0.05, 0) is 31.2 Å². The number of rotatable bonds is 4. The summed E-state index contributed by atoms with van der Waals surface area (Å²) in [4.78, 5) is 13.0. The second kappa shape index (κ2) is 6.40. The number of fused-ring (bicyclic) bond motifs is 1. The molecule has 8 heteroatoms. The zero-order valence-electron chi connectivity index (χ0n) is 14.3. The van der Waals surface area contributed by atoms with Crippen molar-refractivity contribution in [3.05, 3.63) is 42.3 Å². The van der Waals surface area contributed by atoms with E-state index in [9.17, 15) is 0 Å². The number of aryl methyl sites for hydroxylation is 1. The molecule has 0 aliphatic rings. The Bertz CT molecular complexity index is 1070. The number of anilines is 1. The Morgan fingerprint density at radius 3 is 2.42 bits per heavy atom. The summed E-state index contributed by atoms with van der Waals surface area (Å²) < 4.78 is 11.0. The molecule has 130 valence electrons. The molecule has 0 unspecified atom stereocenters. The van der Waals surface area contributed by atoms with Crippen molar-refractivity contribution in [1.82, 2.24) is 25.1 Å². The number of nitrogen functional groups attached to an aromatic ring is 1. The normalized spacial score (nSPS) is 11.0. The first-order chi connectivity index (χ1) is 12.6. The van der Waals surface area contributed by atoms with Gasteiger partial charge in [-0.2, -0.15) is 4.98 Å². The Kier molecular flexibility index (Phi) is 3.92. The minimum Gasteiger partial charge on any atom is -0.476 e. The zero-order chi connectivity index (χ0) is 18.1. The lowest BCUT2D eigenvalue weighted by atomic mass is 10.1. The smallest absolute Gasteiger partial charge is 0.247 e. The second-order valence-electron chi connectivity index (χ2n) is 5.59. The number of nitrogens with zero attached hydrogens (tertiary/aromatic N) is 5. The van der Waals surface area contributed by atoms with Crippen molar-refractivity contribution in [2.75, 3.05) is 12.3 Å². The molecule has 0 aliphatic heterocycles. The lowest BCUT2D eigenvalue weighted by Gasteiger charge is -2.08. The van der Waals surface area contributed by atoms with Crippen LogP contribution in [-0.2, 0) is 0 Å². The molecule has 0 fully saturated rings. The lowest BCUT2D eigenvalue weighted by molar-refractivity contribution is 0.330. The Balaban J connectivity index is 1.74. The minimum absolute atomic E-state index is 0.162. The summed E-state index contributed by atoms with van der Waals surface area (Å²) in [5, 5.41) is 7.87. The second-order valence-corrected chi connectivity index (χ2v) is 5.59. The van der Waals surface area contributed by atoms with Crippen LogP contribution >= 0.6 is 0 Å². The average molecular weight is 348 g/mol. The van der Waals surface area contributed by atoms with Crippen LogP contribution in [0.1, 0.15) is 12.8 Å². The van der Waals surface area contributed by atoms with Crippen LogP contribution in [0.5, 0.6) is 5.88 Å². The SMILES string of the molecule is CCOc1nc(N)nc2ccc(-c3ccc(-c4nnc(C)o4)cc3)nc12. The quantitative estimate of drug-likeness (QED) is 0.599. The van der Waals surface area contributed by atoms with Gasteiger partial charge >= 0.3 is 0 Å². The zero-order valence-corrected chi connectivity index (χ0v) is 14.3. The van der Waals surface area contributed by atoms with Gasteiger partial charge in [-0.3, -0.25) is 0 Å². The third-order valence-electron chi connectivity index (χ3n) is 3.76. The predicted octanol–water partition coefficient (Wildman–Crippen LogP) is 3.03.